The molecule has 1 saturated heterocycles. The molecule has 2 aromatic rings. The van der Waals surface area contributed by atoms with E-state index in [1.54, 1.807) is 0 Å². The normalized spacial score (nSPS) is 15.8. The molecule has 1 fully saturated rings. The number of hydrogen-bond acceptors (Lipinski definition) is 3. The summed E-state index contributed by atoms with van der Waals surface area (Å²) in [7, 11) is 2.18. The molecule has 0 radical (unpaired) electrons. The largest absolute Gasteiger partial charge is 0.379 e. The number of piperazine rings is 1. The van der Waals surface area contributed by atoms with Crippen LogP contribution in [0, 0.1) is 0 Å². The average molecular weight is 316 g/mol. The molecular weight excluding hydrogens is 294 g/mol. The van der Waals surface area contributed by atoms with Crippen molar-refractivity contribution in [2.45, 2.75) is 6.54 Å². The van der Waals surface area contributed by atoms with Crippen molar-refractivity contribution < 1.29 is 0 Å². The Hall–Kier alpha value is -1.71. The maximum atomic E-state index is 5.94. The number of anilines is 2. The zero-order valence-corrected chi connectivity index (χ0v) is 13.7. The number of likely N-dealkylation sites (N-methyl/N-ethyl adjacent to an activating group) is 1. The monoisotopic (exact) mass is 315 g/mol. The molecule has 0 bridgehead atoms. The Balaban J connectivity index is 1.69. The highest BCUT2D eigenvalue weighted by Gasteiger charge is 2.16. The Morgan fingerprint density at radius 1 is 0.955 bits per heavy atom. The third kappa shape index (κ3) is 3.73. The van der Waals surface area contributed by atoms with Crippen LogP contribution in [0.15, 0.2) is 48.5 Å². The Labute approximate surface area is 137 Å². The predicted molar refractivity (Wildman–Crippen MR) is 94.9 cm³/mol. The first-order chi connectivity index (χ1) is 10.7. The van der Waals surface area contributed by atoms with E-state index in [-0.39, 0.29) is 0 Å². The van der Waals surface area contributed by atoms with Gasteiger partial charge < -0.3 is 15.1 Å². The van der Waals surface area contributed by atoms with Gasteiger partial charge in [0.15, 0.2) is 0 Å². The summed E-state index contributed by atoms with van der Waals surface area (Å²) in [5.74, 6) is 0. The zero-order chi connectivity index (χ0) is 15.4. The second kappa shape index (κ2) is 7.03. The molecule has 1 aliphatic rings. The van der Waals surface area contributed by atoms with Crippen LogP contribution < -0.4 is 10.2 Å². The quantitative estimate of drug-likeness (QED) is 0.928. The third-order valence-corrected chi connectivity index (χ3v) is 4.40. The number of halogens is 1. The van der Waals surface area contributed by atoms with Crippen LogP contribution >= 0.6 is 11.6 Å². The highest BCUT2D eigenvalue weighted by molar-refractivity contribution is 6.30. The van der Waals surface area contributed by atoms with Crippen LogP contribution in [0.4, 0.5) is 11.4 Å². The minimum Gasteiger partial charge on any atom is -0.379 e. The van der Waals surface area contributed by atoms with E-state index >= 15 is 0 Å². The second-order valence-electron chi connectivity index (χ2n) is 5.79. The number of para-hydroxylation sites is 2. The van der Waals surface area contributed by atoms with Gasteiger partial charge in [0.2, 0.25) is 0 Å². The third-order valence-electron chi connectivity index (χ3n) is 4.14. The first kappa shape index (κ1) is 15.2. The van der Waals surface area contributed by atoms with Crippen LogP contribution in [0.1, 0.15) is 5.56 Å². The number of hydrogen-bond donors (Lipinski definition) is 1. The first-order valence-corrected chi connectivity index (χ1v) is 8.11. The molecule has 3 nitrogen and oxygen atoms in total. The Bertz CT molecular complexity index is 604. The van der Waals surface area contributed by atoms with Crippen LogP contribution in [-0.2, 0) is 6.54 Å². The van der Waals surface area contributed by atoms with E-state index in [9.17, 15) is 0 Å². The standard InChI is InChI=1S/C18H22ClN3/c1-21-10-12-22(13-11-21)18-5-3-2-4-17(18)20-14-15-6-8-16(19)9-7-15/h2-9,20H,10-14H2,1H3. The summed E-state index contributed by atoms with van der Waals surface area (Å²) in [6, 6.07) is 16.6. The molecule has 0 saturated carbocycles. The van der Waals surface area contributed by atoms with Gasteiger partial charge in [0, 0.05) is 37.7 Å². The summed E-state index contributed by atoms with van der Waals surface area (Å²) >= 11 is 5.94. The fourth-order valence-electron chi connectivity index (χ4n) is 2.75. The van der Waals surface area contributed by atoms with Gasteiger partial charge in [0.1, 0.15) is 0 Å². The number of nitrogens with one attached hydrogen (secondary N) is 1. The van der Waals surface area contributed by atoms with Gasteiger partial charge in [0.05, 0.1) is 11.4 Å². The lowest BCUT2D eigenvalue weighted by atomic mass is 10.2. The van der Waals surface area contributed by atoms with Crippen molar-refractivity contribution in [3.05, 3.63) is 59.1 Å². The molecule has 1 N–H and O–H groups in total. The van der Waals surface area contributed by atoms with E-state index in [1.165, 1.54) is 16.9 Å². The summed E-state index contributed by atoms with van der Waals surface area (Å²) < 4.78 is 0. The maximum absolute atomic E-state index is 5.94. The van der Waals surface area contributed by atoms with Crippen LogP contribution in [0.3, 0.4) is 0 Å². The molecule has 0 spiro atoms. The van der Waals surface area contributed by atoms with Gasteiger partial charge in [-0.1, -0.05) is 35.9 Å². The van der Waals surface area contributed by atoms with Gasteiger partial charge in [-0.15, -0.1) is 0 Å². The second-order valence-corrected chi connectivity index (χ2v) is 6.22. The molecule has 0 aromatic heterocycles. The van der Waals surface area contributed by atoms with Gasteiger partial charge in [-0.05, 0) is 36.9 Å². The molecule has 0 atom stereocenters. The number of rotatable bonds is 4. The van der Waals surface area contributed by atoms with Crippen LogP contribution in [0.25, 0.3) is 0 Å². The number of nitrogens with zero attached hydrogens (tertiary/aromatic N) is 2. The molecule has 1 aliphatic heterocycles. The van der Waals surface area contributed by atoms with Gasteiger partial charge in [-0.3, -0.25) is 0 Å². The van der Waals surface area contributed by atoms with E-state index in [2.05, 4.69) is 58.6 Å². The van der Waals surface area contributed by atoms with E-state index in [0.29, 0.717) is 0 Å². The molecule has 1 heterocycles. The SMILES string of the molecule is CN1CCN(c2ccccc2NCc2ccc(Cl)cc2)CC1. The Morgan fingerprint density at radius 3 is 2.36 bits per heavy atom. The van der Waals surface area contributed by atoms with Crippen LogP contribution in [0.2, 0.25) is 5.02 Å². The first-order valence-electron chi connectivity index (χ1n) is 7.73. The molecule has 3 rings (SSSR count). The van der Waals surface area contributed by atoms with Crippen LogP contribution in [0.5, 0.6) is 0 Å². The fourth-order valence-corrected chi connectivity index (χ4v) is 2.87. The van der Waals surface area contributed by atoms with Gasteiger partial charge in [0.25, 0.3) is 0 Å². The highest BCUT2D eigenvalue weighted by atomic mass is 35.5. The molecule has 0 aliphatic carbocycles. The van der Waals surface area contributed by atoms with Crippen molar-refractivity contribution in [3.8, 4) is 0 Å². The lowest BCUT2D eigenvalue weighted by molar-refractivity contribution is 0.313. The minimum atomic E-state index is 0.779. The zero-order valence-electron chi connectivity index (χ0n) is 12.9. The van der Waals surface area contributed by atoms with E-state index < -0.39 is 0 Å². The summed E-state index contributed by atoms with van der Waals surface area (Å²) in [5, 5.41) is 4.34. The van der Waals surface area contributed by atoms with Crippen molar-refractivity contribution in [1.82, 2.24) is 4.90 Å². The van der Waals surface area contributed by atoms with Crippen molar-refractivity contribution in [2.24, 2.45) is 0 Å². The highest BCUT2D eigenvalue weighted by Crippen LogP contribution is 2.27. The molecule has 22 heavy (non-hydrogen) atoms. The van der Waals surface area contributed by atoms with E-state index in [1.807, 2.05) is 12.1 Å². The molecule has 2 aromatic carbocycles. The van der Waals surface area contributed by atoms with Gasteiger partial charge in [-0.25, -0.2) is 0 Å². The molecular formula is C18H22ClN3. The topological polar surface area (TPSA) is 18.5 Å². The predicted octanol–water partition coefficient (Wildman–Crippen LogP) is 3.70. The smallest absolute Gasteiger partial charge is 0.0602 e. The fraction of sp³-hybridized carbons (Fsp3) is 0.333. The van der Waals surface area contributed by atoms with Crippen molar-refractivity contribution in [3.63, 3.8) is 0 Å². The minimum absolute atomic E-state index is 0.779. The molecule has 4 heteroatoms. The van der Waals surface area contributed by atoms with Gasteiger partial charge >= 0.3 is 0 Å². The summed E-state index contributed by atoms with van der Waals surface area (Å²) in [4.78, 5) is 4.84. The van der Waals surface area contributed by atoms with Crippen molar-refractivity contribution >= 4 is 23.0 Å². The van der Waals surface area contributed by atoms with Crippen molar-refractivity contribution in [2.75, 3.05) is 43.4 Å². The number of benzene rings is 2. The van der Waals surface area contributed by atoms with Crippen molar-refractivity contribution in [1.29, 1.82) is 0 Å². The average Bonchev–Trinajstić information content (AvgIpc) is 2.55. The lowest BCUT2D eigenvalue weighted by Gasteiger charge is -2.35. The maximum Gasteiger partial charge on any atom is 0.0602 e. The summed E-state index contributed by atoms with van der Waals surface area (Å²) in [5.41, 5.74) is 3.73. The Morgan fingerprint density at radius 2 is 1.64 bits per heavy atom. The van der Waals surface area contributed by atoms with Gasteiger partial charge in [-0.2, -0.15) is 0 Å². The Kier molecular flexibility index (Phi) is 4.86. The van der Waals surface area contributed by atoms with E-state index in [4.69, 9.17) is 11.6 Å². The van der Waals surface area contributed by atoms with Crippen LogP contribution in [-0.4, -0.2) is 38.1 Å². The molecule has 0 unspecified atom stereocenters. The lowest BCUT2D eigenvalue weighted by Crippen LogP contribution is -2.44. The summed E-state index contributed by atoms with van der Waals surface area (Å²) in [6.07, 6.45) is 0. The molecule has 116 valence electrons. The summed E-state index contributed by atoms with van der Waals surface area (Å²) in [6.45, 7) is 5.20. The van der Waals surface area contributed by atoms with E-state index in [0.717, 1.165) is 37.7 Å². The molecule has 0 amide bonds.